The largest absolute Gasteiger partial charge is 0.473 e. The van der Waals surface area contributed by atoms with Gasteiger partial charge in [0.2, 0.25) is 0 Å². The van der Waals surface area contributed by atoms with Gasteiger partial charge in [-0.3, -0.25) is 23.4 Å². The molecular formula is C19H31N2O8P. The molecular weight excluding hydrogens is 415 g/mol. The first-order valence-corrected chi connectivity index (χ1v) is 11.4. The van der Waals surface area contributed by atoms with Gasteiger partial charge in [-0.05, 0) is 39.5 Å². The van der Waals surface area contributed by atoms with Crippen molar-refractivity contribution >= 4 is 7.82 Å². The summed E-state index contributed by atoms with van der Waals surface area (Å²) in [5.41, 5.74) is -3.02. The Morgan fingerprint density at radius 1 is 1.30 bits per heavy atom. The predicted molar refractivity (Wildman–Crippen MR) is 108 cm³/mol. The number of fused-ring (bicyclic) bond motifs is 2. The zero-order chi connectivity index (χ0) is 22.7. The van der Waals surface area contributed by atoms with Gasteiger partial charge in [0.25, 0.3) is 5.56 Å². The van der Waals surface area contributed by atoms with E-state index in [-0.39, 0.29) is 12.0 Å². The van der Waals surface area contributed by atoms with Gasteiger partial charge in [-0.2, -0.15) is 0 Å². The smallest absolute Gasteiger partial charge is 0.368 e. The van der Waals surface area contributed by atoms with E-state index >= 15 is 0 Å². The van der Waals surface area contributed by atoms with Crippen LogP contribution in [0.15, 0.2) is 15.8 Å². The number of aromatic nitrogens is 2. The molecule has 1 aromatic heterocycles. The van der Waals surface area contributed by atoms with Gasteiger partial charge in [0.15, 0.2) is 6.23 Å². The topological polar surface area (TPSA) is 129 Å². The van der Waals surface area contributed by atoms with Crippen molar-refractivity contribution in [3.63, 3.8) is 0 Å². The van der Waals surface area contributed by atoms with Crippen LogP contribution < -0.4 is 11.2 Å². The maximum atomic E-state index is 12.7. The monoisotopic (exact) mass is 446 g/mol. The number of ether oxygens (including phenoxy) is 2. The fraction of sp³-hybridized carbons (Fsp3) is 0.789. The van der Waals surface area contributed by atoms with Crippen LogP contribution in [0.5, 0.6) is 0 Å². The second-order valence-electron chi connectivity index (χ2n) is 10.3. The van der Waals surface area contributed by atoms with Crippen molar-refractivity contribution in [1.29, 1.82) is 0 Å². The molecule has 0 aliphatic carbocycles. The van der Waals surface area contributed by atoms with E-state index in [1.165, 1.54) is 10.8 Å². The molecule has 2 aliphatic heterocycles. The summed E-state index contributed by atoms with van der Waals surface area (Å²) in [7, 11) is -4.46. The number of rotatable bonds is 5. The Bertz CT molecular complexity index is 972. The van der Waals surface area contributed by atoms with Crippen LogP contribution in [0.3, 0.4) is 0 Å². The van der Waals surface area contributed by atoms with Crippen LogP contribution in [-0.2, 0) is 23.1 Å². The number of hydrogen-bond donors (Lipinski definition) is 2. The van der Waals surface area contributed by atoms with Gasteiger partial charge in [0, 0.05) is 11.8 Å². The van der Waals surface area contributed by atoms with Crippen molar-refractivity contribution in [2.24, 2.45) is 5.41 Å². The highest BCUT2D eigenvalue weighted by atomic mass is 31.2. The minimum Gasteiger partial charge on any atom is -0.368 e. The molecule has 3 rings (SSSR count). The van der Waals surface area contributed by atoms with Crippen LogP contribution in [0.1, 0.15) is 59.8 Å². The van der Waals surface area contributed by atoms with Crippen LogP contribution >= 0.6 is 7.82 Å². The first kappa shape index (κ1) is 23.4. The highest BCUT2D eigenvalue weighted by molar-refractivity contribution is 7.47. The number of phosphoric ester groups is 1. The molecule has 2 N–H and O–H groups in total. The number of phosphoric acid groups is 1. The van der Waals surface area contributed by atoms with Gasteiger partial charge in [0.05, 0.1) is 12.2 Å². The second-order valence-corrected chi connectivity index (χ2v) is 11.6. The molecule has 2 bridgehead atoms. The molecule has 2 fully saturated rings. The van der Waals surface area contributed by atoms with Gasteiger partial charge >= 0.3 is 13.5 Å². The molecule has 3 heterocycles. The molecule has 5 atom stereocenters. The summed E-state index contributed by atoms with van der Waals surface area (Å²) in [4.78, 5) is 36.8. The summed E-state index contributed by atoms with van der Waals surface area (Å²) >= 11 is 0. The average Bonchev–Trinajstić information content (AvgIpc) is 2.96. The second kappa shape index (κ2) is 7.39. The van der Waals surface area contributed by atoms with Crippen molar-refractivity contribution in [2.45, 2.75) is 84.5 Å². The number of hydrogen-bond acceptors (Lipinski definition) is 7. The lowest BCUT2D eigenvalue weighted by molar-refractivity contribution is -0.184. The Balaban J connectivity index is 2.01. The maximum Gasteiger partial charge on any atom is 0.473 e. The lowest BCUT2D eigenvalue weighted by atomic mass is 9.80. The lowest BCUT2D eigenvalue weighted by Crippen LogP contribution is -2.45. The third-order valence-corrected chi connectivity index (χ3v) is 6.13. The molecule has 2 saturated heterocycles. The van der Waals surface area contributed by atoms with E-state index in [0.29, 0.717) is 12.0 Å². The van der Waals surface area contributed by atoms with Crippen LogP contribution in [0.4, 0.5) is 0 Å². The average molecular weight is 446 g/mol. The molecule has 30 heavy (non-hydrogen) atoms. The SMILES string of the molecule is Cc1cn([C@@H]2O[C@@]3(CC(C)(C)C)COC2[C@H]3OP(=O)(O)OC(C)(C)C)c(=O)[nH]c1=O. The van der Waals surface area contributed by atoms with E-state index in [2.05, 4.69) is 4.98 Å². The van der Waals surface area contributed by atoms with Crippen molar-refractivity contribution < 1.29 is 28.0 Å². The molecule has 0 aromatic carbocycles. The van der Waals surface area contributed by atoms with E-state index in [1.807, 2.05) is 20.8 Å². The molecule has 0 amide bonds. The summed E-state index contributed by atoms with van der Waals surface area (Å²) in [5.74, 6) is 0. The molecule has 0 saturated carbocycles. The van der Waals surface area contributed by atoms with Crippen molar-refractivity contribution in [1.82, 2.24) is 9.55 Å². The zero-order valence-electron chi connectivity index (χ0n) is 18.4. The van der Waals surface area contributed by atoms with Gasteiger partial charge in [-0.25, -0.2) is 9.36 Å². The van der Waals surface area contributed by atoms with E-state index < -0.39 is 48.7 Å². The Hall–Kier alpha value is -1.29. The number of H-pyrrole nitrogens is 1. The van der Waals surface area contributed by atoms with E-state index in [0.717, 1.165) is 0 Å². The first-order chi connectivity index (χ1) is 13.5. The maximum absolute atomic E-state index is 12.7. The molecule has 2 unspecified atom stereocenters. The fourth-order valence-electron chi connectivity index (χ4n) is 4.10. The molecule has 0 spiro atoms. The number of nitrogens with zero attached hydrogens (tertiary/aromatic N) is 1. The summed E-state index contributed by atoms with van der Waals surface area (Å²) in [6, 6.07) is 0. The molecule has 0 radical (unpaired) electrons. The van der Waals surface area contributed by atoms with Gasteiger partial charge in [0.1, 0.15) is 17.8 Å². The Labute approximate surface area is 175 Å². The quantitative estimate of drug-likeness (QED) is 0.659. The molecule has 11 heteroatoms. The van der Waals surface area contributed by atoms with Crippen LogP contribution in [0.25, 0.3) is 0 Å². The highest BCUT2D eigenvalue weighted by Gasteiger charge is 2.65. The van der Waals surface area contributed by atoms with Crippen molar-refractivity contribution in [3.05, 3.63) is 32.6 Å². The standard InChI is InChI=1S/C19H31N2O8P/c1-11-8-21(16(23)20-14(11)22)15-12-13(28-30(24,25)29-18(5,6)7)19(27-15,10-26-12)9-17(2,3)4/h8,12-13,15H,9-10H2,1-7H3,(H,24,25)(H,20,22,23)/t12?,13-,15-,19+/m1/s1. The fourth-order valence-corrected chi connectivity index (χ4v) is 5.43. The molecule has 2 aliphatic rings. The summed E-state index contributed by atoms with van der Waals surface area (Å²) in [6.45, 7) is 12.7. The first-order valence-electron chi connectivity index (χ1n) is 9.85. The third kappa shape index (κ3) is 4.79. The Morgan fingerprint density at radius 3 is 2.50 bits per heavy atom. The Kier molecular flexibility index (Phi) is 5.76. The lowest BCUT2D eigenvalue weighted by Gasteiger charge is -2.37. The van der Waals surface area contributed by atoms with Crippen LogP contribution in [0, 0.1) is 12.3 Å². The minimum atomic E-state index is -4.46. The molecule has 170 valence electrons. The Morgan fingerprint density at radius 2 is 1.93 bits per heavy atom. The predicted octanol–water partition coefficient (Wildman–Crippen LogP) is 2.25. The van der Waals surface area contributed by atoms with E-state index in [4.69, 9.17) is 18.5 Å². The third-order valence-electron chi connectivity index (χ3n) is 4.86. The van der Waals surface area contributed by atoms with Crippen LogP contribution in [-0.4, -0.2) is 44.5 Å². The summed E-state index contributed by atoms with van der Waals surface area (Å²) in [5, 5.41) is 0. The highest BCUT2D eigenvalue weighted by Crippen LogP contribution is 2.58. The van der Waals surface area contributed by atoms with Crippen LogP contribution in [0.2, 0.25) is 0 Å². The van der Waals surface area contributed by atoms with Gasteiger partial charge in [-0.1, -0.05) is 20.8 Å². The number of aromatic amines is 1. The van der Waals surface area contributed by atoms with E-state index in [9.17, 15) is 19.0 Å². The number of aryl methyl sites for hydroxylation is 1. The summed E-state index contributed by atoms with van der Waals surface area (Å²) < 4.78 is 37.0. The van der Waals surface area contributed by atoms with Crippen molar-refractivity contribution in [2.75, 3.05) is 6.61 Å². The van der Waals surface area contributed by atoms with Gasteiger partial charge < -0.3 is 14.4 Å². The van der Waals surface area contributed by atoms with Gasteiger partial charge in [-0.15, -0.1) is 0 Å². The number of nitrogens with one attached hydrogen (secondary N) is 1. The minimum absolute atomic E-state index is 0.142. The zero-order valence-corrected chi connectivity index (χ0v) is 19.3. The van der Waals surface area contributed by atoms with Crippen molar-refractivity contribution in [3.8, 4) is 0 Å². The molecule has 10 nitrogen and oxygen atoms in total. The summed E-state index contributed by atoms with van der Waals surface area (Å²) in [6.07, 6.45) is -0.867. The normalized spacial score (nSPS) is 31.1. The molecule has 1 aromatic rings. The van der Waals surface area contributed by atoms with E-state index in [1.54, 1.807) is 27.7 Å².